The third-order valence-electron chi connectivity index (χ3n) is 2.62. The molecule has 0 aliphatic carbocycles. The molecule has 8 heteroatoms. The number of hydrogen-bond acceptors (Lipinski definition) is 4. The van der Waals surface area contributed by atoms with Crippen molar-refractivity contribution in [1.29, 1.82) is 0 Å². The van der Waals surface area contributed by atoms with Crippen LogP contribution in [0.3, 0.4) is 0 Å². The Hall–Kier alpha value is -1.99. The Morgan fingerprint density at radius 1 is 1.38 bits per heavy atom. The lowest BCUT2D eigenvalue weighted by Gasteiger charge is -2.06. The van der Waals surface area contributed by atoms with Crippen molar-refractivity contribution in [3.63, 3.8) is 0 Å². The first-order valence-electron chi connectivity index (χ1n) is 5.76. The van der Waals surface area contributed by atoms with Gasteiger partial charge in [0.25, 0.3) is 11.6 Å². The molecule has 6 nitrogen and oxygen atoms in total. The first-order valence-corrected chi connectivity index (χ1v) is 6.93. The summed E-state index contributed by atoms with van der Waals surface area (Å²) < 4.78 is 0.818. The van der Waals surface area contributed by atoms with Crippen LogP contribution < -0.4 is 5.32 Å². The molecule has 0 saturated carbocycles. The highest BCUT2D eigenvalue weighted by Gasteiger charge is 2.14. The van der Waals surface area contributed by atoms with Crippen molar-refractivity contribution in [3.8, 4) is 0 Å². The van der Waals surface area contributed by atoms with Crippen LogP contribution in [0, 0.1) is 17.0 Å². The van der Waals surface area contributed by atoms with E-state index < -0.39 is 10.8 Å². The number of nitrogens with one attached hydrogen (secondary N) is 1. The Balaban J connectivity index is 2.27. The van der Waals surface area contributed by atoms with Gasteiger partial charge in [0.05, 0.1) is 10.6 Å². The zero-order valence-corrected chi connectivity index (χ0v) is 13.1. The fourth-order valence-corrected chi connectivity index (χ4v) is 2.06. The molecule has 0 spiro atoms. The van der Waals surface area contributed by atoms with Crippen LogP contribution in [-0.4, -0.2) is 15.8 Å². The molecule has 1 N–H and O–H groups in total. The standard InChI is InChI=1S/C13H9BrClN3O3/c1-7-11(14)2-3-12(16-7)17-13(19)8-4-9(15)6-10(5-8)18(20)21/h2-6H,1H3,(H,16,17,19). The number of nitro benzene ring substituents is 1. The van der Waals surface area contributed by atoms with Crippen LogP contribution in [0.2, 0.25) is 5.02 Å². The Morgan fingerprint density at radius 3 is 2.71 bits per heavy atom. The maximum atomic E-state index is 12.1. The fraction of sp³-hybridized carbons (Fsp3) is 0.0769. The number of pyridine rings is 1. The highest BCUT2D eigenvalue weighted by Crippen LogP contribution is 2.22. The average molecular weight is 371 g/mol. The van der Waals surface area contributed by atoms with E-state index in [1.165, 1.54) is 12.1 Å². The van der Waals surface area contributed by atoms with Crippen LogP contribution in [0.25, 0.3) is 0 Å². The molecule has 2 aromatic rings. The number of rotatable bonds is 3. The monoisotopic (exact) mass is 369 g/mol. The molecule has 1 heterocycles. The number of anilines is 1. The molecule has 0 saturated heterocycles. The third-order valence-corrected chi connectivity index (χ3v) is 3.67. The summed E-state index contributed by atoms with van der Waals surface area (Å²) in [7, 11) is 0. The van der Waals surface area contributed by atoms with Gasteiger partial charge in [0, 0.05) is 27.2 Å². The summed E-state index contributed by atoms with van der Waals surface area (Å²) in [6, 6.07) is 7.06. The molecule has 21 heavy (non-hydrogen) atoms. The SMILES string of the molecule is Cc1nc(NC(=O)c2cc(Cl)cc([N+](=O)[O-])c2)ccc1Br. The molecular weight excluding hydrogens is 362 g/mol. The van der Waals surface area contributed by atoms with Crippen LogP contribution >= 0.6 is 27.5 Å². The van der Waals surface area contributed by atoms with Crippen LogP contribution in [0.1, 0.15) is 16.1 Å². The van der Waals surface area contributed by atoms with Crippen LogP contribution in [0.4, 0.5) is 11.5 Å². The molecule has 2 rings (SSSR count). The summed E-state index contributed by atoms with van der Waals surface area (Å²) in [4.78, 5) is 26.4. The molecular formula is C13H9BrClN3O3. The highest BCUT2D eigenvalue weighted by molar-refractivity contribution is 9.10. The summed E-state index contributed by atoms with van der Waals surface area (Å²) in [6.07, 6.45) is 0. The van der Waals surface area contributed by atoms with E-state index in [0.29, 0.717) is 11.5 Å². The first-order chi connectivity index (χ1) is 9.86. The Labute approximate surface area is 133 Å². The second-order valence-electron chi connectivity index (χ2n) is 4.17. The number of nitrogens with zero attached hydrogens (tertiary/aromatic N) is 2. The van der Waals surface area contributed by atoms with Gasteiger partial charge in [-0.2, -0.15) is 0 Å². The van der Waals surface area contributed by atoms with Gasteiger partial charge in [0.1, 0.15) is 5.82 Å². The number of nitro groups is 1. The zero-order valence-electron chi connectivity index (χ0n) is 10.8. The van der Waals surface area contributed by atoms with E-state index in [1.54, 1.807) is 19.1 Å². The molecule has 0 fully saturated rings. The summed E-state index contributed by atoms with van der Waals surface area (Å²) in [5.41, 5.74) is 0.564. The summed E-state index contributed by atoms with van der Waals surface area (Å²) >= 11 is 9.09. The number of hydrogen-bond donors (Lipinski definition) is 1. The average Bonchev–Trinajstić information content (AvgIpc) is 2.42. The minimum absolute atomic E-state index is 0.0940. The first kappa shape index (κ1) is 15.4. The summed E-state index contributed by atoms with van der Waals surface area (Å²) in [5, 5.41) is 13.5. The molecule has 1 amide bonds. The number of carbonyl (C=O) groups excluding carboxylic acids is 1. The van der Waals surface area contributed by atoms with E-state index in [2.05, 4.69) is 26.2 Å². The van der Waals surface area contributed by atoms with Crippen LogP contribution in [0.5, 0.6) is 0 Å². The molecule has 108 valence electrons. The summed E-state index contributed by atoms with van der Waals surface area (Å²) in [5.74, 6) is -0.168. The highest BCUT2D eigenvalue weighted by atomic mass is 79.9. The van der Waals surface area contributed by atoms with Gasteiger partial charge in [-0.3, -0.25) is 14.9 Å². The van der Waals surface area contributed by atoms with Crippen molar-refractivity contribution in [2.24, 2.45) is 0 Å². The predicted molar refractivity (Wildman–Crippen MR) is 82.7 cm³/mol. The maximum absolute atomic E-state index is 12.1. The normalized spacial score (nSPS) is 10.2. The van der Waals surface area contributed by atoms with Gasteiger partial charge in [-0.15, -0.1) is 0 Å². The van der Waals surface area contributed by atoms with Gasteiger partial charge in [-0.25, -0.2) is 4.98 Å². The number of non-ortho nitro benzene ring substituents is 1. The van der Waals surface area contributed by atoms with Crippen molar-refractivity contribution < 1.29 is 9.72 Å². The number of aromatic nitrogens is 1. The smallest absolute Gasteiger partial charge is 0.271 e. The van der Waals surface area contributed by atoms with Crippen molar-refractivity contribution >= 4 is 44.9 Å². The second-order valence-corrected chi connectivity index (χ2v) is 5.46. The molecule has 0 radical (unpaired) electrons. The van der Waals surface area contributed by atoms with E-state index in [0.717, 1.165) is 10.5 Å². The van der Waals surface area contributed by atoms with Crippen molar-refractivity contribution in [3.05, 3.63) is 61.2 Å². The maximum Gasteiger partial charge on any atom is 0.271 e. The van der Waals surface area contributed by atoms with E-state index >= 15 is 0 Å². The topological polar surface area (TPSA) is 85.1 Å². The minimum Gasteiger partial charge on any atom is -0.307 e. The van der Waals surface area contributed by atoms with Crippen molar-refractivity contribution in [2.45, 2.75) is 6.92 Å². The lowest BCUT2D eigenvalue weighted by Crippen LogP contribution is -2.13. The quantitative estimate of drug-likeness (QED) is 0.654. The zero-order chi connectivity index (χ0) is 15.6. The lowest BCUT2D eigenvalue weighted by molar-refractivity contribution is -0.384. The van der Waals surface area contributed by atoms with E-state index in [9.17, 15) is 14.9 Å². The van der Waals surface area contributed by atoms with Crippen LogP contribution in [0.15, 0.2) is 34.8 Å². The molecule has 1 aromatic carbocycles. The number of carbonyl (C=O) groups is 1. The largest absolute Gasteiger partial charge is 0.307 e. The third kappa shape index (κ3) is 3.77. The molecule has 1 aromatic heterocycles. The molecule has 0 aliphatic heterocycles. The summed E-state index contributed by atoms with van der Waals surface area (Å²) in [6.45, 7) is 1.78. The van der Waals surface area contributed by atoms with E-state index in [1.807, 2.05) is 0 Å². The van der Waals surface area contributed by atoms with Gasteiger partial charge < -0.3 is 5.32 Å². The van der Waals surface area contributed by atoms with Gasteiger partial charge in [-0.1, -0.05) is 11.6 Å². The van der Waals surface area contributed by atoms with Gasteiger partial charge in [0.15, 0.2) is 0 Å². The van der Waals surface area contributed by atoms with E-state index in [-0.39, 0.29) is 16.3 Å². The number of halogens is 2. The molecule has 0 bridgehead atoms. The van der Waals surface area contributed by atoms with Crippen LogP contribution in [-0.2, 0) is 0 Å². The number of aryl methyl sites for hydroxylation is 1. The fourth-order valence-electron chi connectivity index (χ4n) is 1.61. The molecule has 0 aliphatic rings. The molecule has 0 unspecified atom stereocenters. The van der Waals surface area contributed by atoms with E-state index in [4.69, 9.17) is 11.6 Å². The Bertz CT molecular complexity index is 737. The predicted octanol–water partition coefficient (Wildman–Crippen LogP) is 3.97. The van der Waals surface area contributed by atoms with Crippen molar-refractivity contribution in [1.82, 2.24) is 4.98 Å². The van der Waals surface area contributed by atoms with Gasteiger partial charge in [-0.05, 0) is 41.1 Å². The molecule has 0 atom stereocenters. The number of amides is 1. The Morgan fingerprint density at radius 2 is 2.10 bits per heavy atom. The minimum atomic E-state index is -0.606. The lowest BCUT2D eigenvalue weighted by atomic mass is 10.2. The van der Waals surface area contributed by atoms with Gasteiger partial charge >= 0.3 is 0 Å². The van der Waals surface area contributed by atoms with Crippen molar-refractivity contribution in [2.75, 3.05) is 5.32 Å². The Kier molecular flexibility index (Phi) is 4.54. The number of benzene rings is 1. The van der Waals surface area contributed by atoms with Gasteiger partial charge in [0.2, 0.25) is 0 Å². The second kappa shape index (κ2) is 6.19.